The molecule has 0 unspecified atom stereocenters. The zero-order valence-corrected chi connectivity index (χ0v) is 15.2. The molecule has 0 saturated carbocycles. The third kappa shape index (κ3) is 4.04. The number of pyridine rings is 1. The highest BCUT2D eigenvalue weighted by Crippen LogP contribution is 2.25. The van der Waals surface area contributed by atoms with Crippen LogP contribution in [0.1, 0.15) is 6.92 Å². The molecule has 3 aromatic rings. The van der Waals surface area contributed by atoms with E-state index in [0.717, 1.165) is 15.7 Å². The Labute approximate surface area is 150 Å². The second-order valence-corrected chi connectivity index (χ2v) is 7.51. The third-order valence-electron chi connectivity index (χ3n) is 3.03. The van der Waals surface area contributed by atoms with Gasteiger partial charge in [0.2, 0.25) is 5.91 Å². The van der Waals surface area contributed by atoms with Gasteiger partial charge in [-0.1, -0.05) is 45.4 Å². The number of hydrogen-bond donors (Lipinski definition) is 2. The van der Waals surface area contributed by atoms with Gasteiger partial charge in [0.05, 0.1) is 15.8 Å². The molecule has 0 spiro atoms. The average Bonchev–Trinajstić information content (AvgIpc) is 2.88. The van der Waals surface area contributed by atoms with Gasteiger partial charge in [0.1, 0.15) is 0 Å². The Hall–Kier alpha value is -1.57. The summed E-state index contributed by atoms with van der Waals surface area (Å²) < 4.78 is 0.913. The number of fused-ring (bicyclic) bond motifs is 1. The number of benzene rings is 1. The van der Waals surface area contributed by atoms with Gasteiger partial charge in [-0.15, -0.1) is 0 Å². The quantitative estimate of drug-likeness (QED) is 0.620. The first-order chi connectivity index (χ1) is 11.0. The molecular weight excluding hydrogens is 400 g/mol. The summed E-state index contributed by atoms with van der Waals surface area (Å²) in [5.74, 6) is -0.0976. The van der Waals surface area contributed by atoms with Gasteiger partial charge in [-0.25, -0.2) is 9.97 Å². The van der Waals surface area contributed by atoms with Crippen molar-refractivity contribution in [3.8, 4) is 0 Å². The lowest BCUT2D eigenvalue weighted by atomic mass is 10.3. The van der Waals surface area contributed by atoms with Crippen LogP contribution in [0.2, 0.25) is 5.02 Å². The summed E-state index contributed by atoms with van der Waals surface area (Å²) in [6, 6.07) is 9.22. The molecule has 0 aliphatic carbocycles. The Kier molecular flexibility index (Phi) is 4.89. The summed E-state index contributed by atoms with van der Waals surface area (Å²) in [7, 11) is 0. The van der Waals surface area contributed by atoms with E-state index in [-0.39, 0.29) is 11.2 Å². The fourth-order valence-corrected chi connectivity index (χ4v) is 3.31. The first-order valence-electron chi connectivity index (χ1n) is 6.75. The van der Waals surface area contributed by atoms with Gasteiger partial charge in [-0.05, 0) is 31.2 Å². The topological polar surface area (TPSA) is 70.7 Å². The van der Waals surface area contributed by atoms with E-state index in [1.165, 1.54) is 11.8 Å². The van der Waals surface area contributed by atoms with E-state index < -0.39 is 0 Å². The van der Waals surface area contributed by atoms with E-state index in [0.29, 0.717) is 15.8 Å². The molecule has 0 aliphatic heterocycles. The molecular formula is C15H12BrClN4OS. The largest absolute Gasteiger partial charge is 0.331 e. The maximum Gasteiger partial charge on any atom is 0.237 e. The molecule has 0 saturated heterocycles. The molecule has 1 atom stereocenters. The van der Waals surface area contributed by atoms with Gasteiger partial charge >= 0.3 is 0 Å². The predicted octanol–water partition coefficient (Wildman–Crippen LogP) is 4.49. The molecule has 3 rings (SSSR count). The van der Waals surface area contributed by atoms with Crippen LogP contribution in [0.5, 0.6) is 0 Å². The number of halogens is 2. The number of hydrogen-bond acceptors (Lipinski definition) is 4. The fraction of sp³-hybridized carbons (Fsp3) is 0.133. The van der Waals surface area contributed by atoms with Crippen molar-refractivity contribution in [2.24, 2.45) is 0 Å². The predicted molar refractivity (Wildman–Crippen MR) is 97.0 cm³/mol. The maximum absolute atomic E-state index is 12.3. The Morgan fingerprint density at radius 1 is 1.43 bits per heavy atom. The minimum Gasteiger partial charge on any atom is -0.331 e. The van der Waals surface area contributed by atoms with Gasteiger partial charge in [0, 0.05) is 16.4 Å². The van der Waals surface area contributed by atoms with Gasteiger partial charge in [0.15, 0.2) is 10.8 Å². The van der Waals surface area contributed by atoms with E-state index in [4.69, 9.17) is 11.6 Å². The highest BCUT2D eigenvalue weighted by atomic mass is 79.9. The number of nitrogens with one attached hydrogen (secondary N) is 2. The van der Waals surface area contributed by atoms with E-state index in [1.54, 1.807) is 12.3 Å². The first-order valence-corrected chi connectivity index (χ1v) is 8.80. The number of thioether (sulfide) groups is 1. The SMILES string of the molecule is C[C@H](Sc1nc2ncc(Cl)cc2[nH]1)C(=O)Nc1cccc(Br)c1. The van der Waals surface area contributed by atoms with E-state index >= 15 is 0 Å². The molecule has 1 amide bonds. The zero-order valence-electron chi connectivity index (χ0n) is 12.0. The smallest absolute Gasteiger partial charge is 0.237 e. The number of aromatic amines is 1. The molecule has 118 valence electrons. The van der Waals surface area contributed by atoms with Crippen molar-refractivity contribution in [3.63, 3.8) is 0 Å². The van der Waals surface area contributed by atoms with Crippen LogP contribution in [0.25, 0.3) is 11.2 Å². The Balaban J connectivity index is 1.69. The second kappa shape index (κ2) is 6.90. The summed E-state index contributed by atoms with van der Waals surface area (Å²) in [5, 5.41) is 3.73. The number of carbonyl (C=O) groups is 1. The Morgan fingerprint density at radius 3 is 3.04 bits per heavy atom. The first kappa shape index (κ1) is 16.3. The Morgan fingerprint density at radius 2 is 2.26 bits per heavy atom. The van der Waals surface area contributed by atoms with Crippen molar-refractivity contribution in [3.05, 3.63) is 46.0 Å². The van der Waals surface area contributed by atoms with Crippen molar-refractivity contribution in [2.75, 3.05) is 5.32 Å². The van der Waals surface area contributed by atoms with Gasteiger partial charge in [-0.2, -0.15) is 0 Å². The van der Waals surface area contributed by atoms with E-state index in [2.05, 4.69) is 36.2 Å². The standard InChI is InChI=1S/C15H12BrClN4OS/c1-8(14(22)19-11-4-2-3-9(16)5-11)23-15-20-12-6-10(17)7-18-13(12)21-15/h2-8H,1H3,(H,19,22)(H,18,20,21)/t8-/m0/s1. The normalized spacial score (nSPS) is 12.3. The van der Waals surface area contributed by atoms with Crippen LogP contribution in [-0.2, 0) is 4.79 Å². The average molecular weight is 412 g/mol. The lowest BCUT2D eigenvalue weighted by Gasteiger charge is -2.10. The Bertz CT molecular complexity index is 870. The van der Waals surface area contributed by atoms with Crippen molar-refractivity contribution in [2.45, 2.75) is 17.3 Å². The molecule has 23 heavy (non-hydrogen) atoms. The minimum absolute atomic E-state index is 0.0976. The molecule has 0 bridgehead atoms. The van der Waals surface area contributed by atoms with Crippen LogP contribution in [0.3, 0.4) is 0 Å². The van der Waals surface area contributed by atoms with Gasteiger partial charge in [0.25, 0.3) is 0 Å². The molecule has 2 heterocycles. The number of rotatable bonds is 4. The monoisotopic (exact) mass is 410 g/mol. The van der Waals surface area contributed by atoms with E-state index in [1.807, 2.05) is 31.2 Å². The second-order valence-electron chi connectivity index (χ2n) is 4.83. The number of aromatic nitrogens is 3. The lowest BCUT2D eigenvalue weighted by molar-refractivity contribution is -0.115. The number of anilines is 1. The van der Waals surface area contributed by atoms with Crippen molar-refractivity contribution in [1.29, 1.82) is 0 Å². The van der Waals surface area contributed by atoms with Crippen LogP contribution in [0.15, 0.2) is 46.2 Å². The summed E-state index contributed by atoms with van der Waals surface area (Å²) in [4.78, 5) is 23.9. The van der Waals surface area contributed by atoms with Crippen molar-refractivity contribution < 1.29 is 4.79 Å². The van der Waals surface area contributed by atoms with Crippen LogP contribution >= 0.6 is 39.3 Å². The lowest BCUT2D eigenvalue weighted by Crippen LogP contribution is -2.22. The summed E-state index contributed by atoms with van der Waals surface area (Å²) in [6.07, 6.45) is 1.54. The van der Waals surface area contributed by atoms with Gasteiger partial charge < -0.3 is 10.3 Å². The number of H-pyrrole nitrogens is 1. The zero-order chi connectivity index (χ0) is 16.4. The highest BCUT2D eigenvalue weighted by molar-refractivity contribution is 9.10. The molecule has 2 aromatic heterocycles. The van der Waals surface area contributed by atoms with Crippen LogP contribution in [0, 0.1) is 0 Å². The number of nitrogens with zero attached hydrogens (tertiary/aromatic N) is 2. The number of amides is 1. The fourth-order valence-electron chi connectivity index (χ4n) is 1.94. The van der Waals surface area contributed by atoms with Crippen LogP contribution in [-0.4, -0.2) is 26.1 Å². The molecule has 5 nitrogen and oxygen atoms in total. The minimum atomic E-state index is -0.315. The number of imidazole rings is 1. The summed E-state index contributed by atoms with van der Waals surface area (Å²) >= 11 is 10.6. The number of carbonyl (C=O) groups excluding carboxylic acids is 1. The molecule has 8 heteroatoms. The molecule has 2 N–H and O–H groups in total. The van der Waals surface area contributed by atoms with E-state index in [9.17, 15) is 4.79 Å². The molecule has 1 aromatic carbocycles. The summed E-state index contributed by atoms with van der Waals surface area (Å²) in [6.45, 7) is 1.82. The van der Waals surface area contributed by atoms with Crippen molar-refractivity contribution in [1.82, 2.24) is 15.0 Å². The maximum atomic E-state index is 12.3. The summed E-state index contributed by atoms with van der Waals surface area (Å²) in [5.41, 5.74) is 2.07. The van der Waals surface area contributed by atoms with Crippen LogP contribution < -0.4 is 5.32 Å². The van der Waals surface area contributed by atoms with Crippen LogP contribution in [0.4, 0.5) is 5.69 Å². The van der Waals surface area contributed by atoms with Crippen molar-refractivity contribution >= 4 is 62.1 Å². The van der Waals surface area contributed by atoms with Gasteiger partial charge in [-0.3, -0.25) is 4.79 Å². The molecule has 0 aliphatic rings. The molecule has 0 fully saturated rings. The molecule has 0 radical (unpaired) electrons. The highest BCUT2D eigenvalue weighted by Gasteiger charge is 2.17. The third-order valence-corrected chi connectivity index (χ3v) is 4.72.